The second-order valence-corrected chi connectivity index (χ2v) is 6.43. The number of fused-ring (bicyclic) bond motifs is 1. The average molecular weight is 311 g/mol. The molecule has 1 atom stereocenters. The van der Waals surface area contributed by atoms with E-state index >= 15 is 0 Å². The number of nitrogens with one attached hydrogen (secondary N) is 1. The summed E-state index contributed by atoms with van der Waals surface area (Å²) >= 11 is 7.62. The molecule has 0 aliphatic carbocycles. The average Bonchev–Trinajstić information content (AvgIpc) is 3.02. The highest BCUT2D eigenvalue weighted by molar-refractivity contribution is 7.18. The van der Waals surface area contributed by atoms with Gasteiger partial charge in [-0.3, -0.25) is 4.79 Å². The number of aromatic nitrogens is 2. The molecule has 0 radical (unpaired) electrons. The number of nitrogens with zero attached hydrogens (tertiary/aromatic N) is 3. The van der Waals surface area contributed by atoms with Gasteiger partial charge in [-0.2, -0.15) is 4.98 Å². The normalized spacial score (nSPS) is 18.8. The third kappa shape index (κ3) is 2.23. The molecule has 0 spiro atoms. The number of halogens is 1. The van der Waals surface area contributed by atoms with Crippen molar-refractivity contribution in [1.82, 2.24) is 15.3 Å². The molecule has 3 heterocycles. The minimum atomic E-state index is -0.172. The topological polar surface area (TPSA) is 58.1 Å². The molecule has 0 saturated carbocycles. The fraction of sp³-hybridized carbons (Fsp3) is 0.462. The first-order valence-electron chi connectivity index (χ1n) is 6.52. The van der Waals surface area contributed by atoms with Gasteiger partial charge in [0, 0.05) is 18.5 Å². The molecule has 5 nitrogen and oxygen atoms in total. The van der Waals surface area contributed by atoms with Crippen LogP contribution in [0.4, 0.5) is 5.82 Å². The summed E-state index contributed by atoms with van der Waals surface area (Å²) in [6.07, 6.45) is 1.82. The number of likely N-dealkylation sites (N-methyl/N-ethyl adjacent to an activating group) is 1. The minimum Gasteiger partial charge on any atom is -0.357 e. The third-order valence-corrected chi connectivity index (χ3v) is 4.66. The van der Waals surface area contributed by atoms with E-state index in [4.69, 9.17) is 11.6 Å². The summed E-state index contributed by atoms with van der Waals surface area (Å²) in [4.78, 5) is 24.7. The lowest BCUT2D eigenvalue weighted by Gasteiger charge is -2.24. The van der Waals surface area contributed by atoms with Gasteiger partial charge >= 0.3 is 0 Å². The maximum Gasteiger partial charge on any atom is 0.242 e. The number of thiophene rings is 1. The van der Waals surface area contributed by atoms with Crippen molar-refractivity contribution in [2.24, 2.45) is 0 Å². The fourth-order valence-corrected chi connectivity index (χ4v) is 3.77. The van der Waals surface area contributed by atoms with Gasteiger partial charge in [0.25, 0.3) is 0 Å². The number of carbonyl (C=O) groups is 1. The maximum absolute atomic E-state index is 12.0. The summed E-state index contributed by atoms with van der Waals surface area (Å²) in [5.41, 5.74) is 0. The van der Waals surface area contributed by atoms with Crippen LogP contribution in [0, 0.1) is 6.92 Å². The first kappa shape index (κ1) is 13.6. The molecule has 3 rings (SSSR count). The Kier molecular flexibility index (Phi) is 3.52. The largest absolute Gasteiger partial charge is 0.357 e. The number of carbonyl (C=O) groups excluding carboxylic acids is 1. The molecule has 0 aromatic carbocycles. The molecule has 1 aliphatic rings. The zero-order chi connectivity index (χ0) is 14.3. The molecule has 1 unspecified atom stereocenters. The Balaban J connectivity index is 2.11. The van der Waals surface area contributed by atoms with E-state index in [1.54, 1.807) is 18.4 Å². The molecular weight excluding hydrogens is 296 g/mol. The van der Waals surface area contributed by atoms with Crippen molar-refractivity contribution in [1.29, 1.82) is 0 Å². The molecule has 1 saturated heterocycles. The summed E-state index contributed by atoms with van der Waals surface area (Å²) in [5, 5.41) is 3.93. The molecule has 1 aliphatic heterocycles. The highest BCUT2D eigenvalue weighted by Crippen LogP contribution is 2.34. The molecule has 0 bridgehead atoms. The standard InChI is InChI=1S/C13H15ClN4OS/c1-7-6-8-10(16-13(14)17-12(8)20-7)18-5-3-4-9(18)11(19)15-2/h6,9H,3-5H2,1-2H3,(H,15,19). The summed E-state index contributed by atoms with van der Waals surface area (Å²) in [5.74, 6) is 0.799. The molecule has 1 fully saturated rings. The van der Waals surface area contributed by atoms with Gasteiger partial charge in [-0.1, -0.05) is 0 Å². The van der Waals surface area contributed by atoms with Crippen LogP contribution in [-0.2, 0) is 4.79 Å². The van der Waals surface area contributed by atoms with Gasteiger partial charge in [-0.25, -0.2) is 4.98 Å². The van der Waals surface area contributed by atoms with Crippen molar-refractivity contribution >= 4 is 44.9 Å². The number of amides is 1. The van der Waals surface area contributed by atoms with E-state index in [-0.39, 0.29) is 17.2 Å². The van der Waals surface area contributed by atoms with E-state index < -0.39 is 0 Å². The van der Waals surface area contributed by atoms with Crippen LogP contribution in [0.15, 0.2) is 6.07 Å². The Hall–Kier alpha value is -1.40. The van der Waals surface area contributed by atoms with Crippen LogP contribution in [0.5, 0.6) is 0 Å². The van der Waals surface area contributed by atoms with Crippen LogP contribution >= 0.6 is 22.9 Å². The quantitative estimate of drug-likeness (QED) is 0.865. The van der Waals surface area contributed by atoms with Crippen molar-refractivity contribution in [3.63, 3.8) is 0 Å². The predicted octanol–water partition coefficient (Wildman–Crippen LogP) is 2.37. The van der Waals surface area contributed by atoms with Crippen molar-refractivity contribution in [3.8, 4) is 0 Å². The minimum absolute atomic E-state index is 0.0253. The van der Waals surface area contributed by atoms with Gasteiger partial charge < -0.3 is 10.2 Å². The van der Waals surface area contributed by atoms with E-state index in [2.05, 4.69) is 21.4 Å². The van der Waals surface area contributed by atoms with Crippen molar-refractivity contribution < 1.29 is 4.79 Å². The Bertz CT molecular complexity index is 672. The lowest BCUT2D eigenvalue weighted by atomic mass is 10.2. The van der Waals surface area contributed by atoms with Gasteiger partial charge in [0.2, 0.25) is 11.2 Å². The molecule has 1 N–H and O–H groups in total. The van der Waals surface area contributed by atoms with Gasteiger partial charge in [0.15, 0.2) is 0 Å². The summed E-state index contributed by atoms with van der Waals surface area (Å²) in [7, 11) is 1.66. The molecule has 2 aromatic rings. The summed E-state index contributed by atoms with van der Waals surface area (Å²) < 4.78 is 0. The van der Waals surface area contributed by atoms with E-state index in [1.807, 2.05) is 11.8 Å². The van der Waals surface area contributed by atoms with Crippen LogP contribution in [0.1, 0.15) is 17.7 Å². The van der Waals surface area contributed by atoms with Crippen LogP contribution in [-0.4, -0.2) is 35.5 Å². The molecule has 1 amide bonds. The van der Waals surface area contributed by atoms with Crippen LogP contribution in [0.2, 0.25) is 5.28 Å². The summed E-state index contributed by atoms with van der Waals surface area (Å²) in [6.45, 7) is 2.85. The summed E-state index contributed by atoms with van der Waals surface area (Å²) in [6, 6.07) is 1.89. The van der Waals surface area contributed by atoms with Crippen LogP contribution < -0.4 is 10.2 Å². The van der Waals surface area contributed by atoms with Crippen molar-refractivity contribution in [2.75, 3.05) is 18.5 Å². The Morgan fingerprint density at radius 1 is 1.55 bits per heavy atom. The fourth-order valence-electron chi connectivity index (χ4n) is 2.68. The Morgan fingerprint density at radius 3 is 3.10 bits per heavy atom. The third-order valence-electron chi connectivity index (χ3n) is 3.54. The Morgan fingerprint density at radius 2 is 2.35 bits per heavy atom. The Labute approximate surface area is 126 Å². The predicted molar refractivity (Wildman–Crippen MR) is 81.6 cm³/mol. The SMILES string of the molecule is CNC(=O)C1CCCN1c1nc(Cl)nc2sc(C)cc12. The first-order valence-corrected chi connectivity index (χ1v) is 7.71. The highest BCUT2D eigenvalue weighted by Gasteiger charge is 2.32. The van der Waals surface area contributed by atoms with Crippen molar-refractivity contribution in [3.05, 3.63) is 16.2 Å². The molecule has 7 heteroatoms. The van der Waals surface area contributed by atoms with E-state index in [0.717, 1.165) is 40.3 Å². The second-order valence-electron chi connectivity index (χ2n) is 4.86. The van der Waals surface area contributed by atoms with E-state index in [9.17, 15) is 4.79 Å². The van der Waals surface area contributed by atoms with Gasteiger partial charge in [-0.05, 0) is 37.4 Å². The van der Waals surface area contributed by atoms with Crippen LogP contribution in [0.3, 0.4) is 0 Å². The molecular formula is C13H15ClN4OS. The van der Waals surface area contributed by atoms with Crippen molar-refractivity contribution in [2.45, 2.75) is 25.8 Å². The zero-order valence-electron chi connectivity index (χ0n) is 11.3. The number of hydrogen-bond donors (Lipinski definition) is 1. The smallest absolute Gasteiger partial charge is 0.242 e. The zero-order valence-corrected chi connectivity index (χ0v) is 12.9. The first-order chi connectivity index (χ1) is 9.60. The van der Waals surface area contributed by atoms with Gasteiger partial charge in [0.1, 0.15) is 16.7 Å². The lowest BCUT2D eigenvalue weighted by Crippen LogP contribution is -2.42. The van der Waals surface area contributed by atoms with Gasteiger partial charge in [-0.15, -0.1) is 11.3 Å². The van der Waals surface area contributed by atoms with E-state index in [1.165, 1.54) is 0 Å². The lowest BCUT2D eigenvalue weighted by molar-refractivity contribution is -0.121. The monoisotopic (exact) mass is 310 g/mol. The van der Waals surface area contributed by atoms with E-state index in [0.29, 0.717) is 0 Å². The van der Waals surface area contributed by atoms with Crippen LogP contribution in [0.25, 0.3) is 10.2 Å². The molecule has 20 heavy (non-hydrogen) atoms. The number of anilines is 1. The number of aryl methyl sites for hydroxylation is 1. The number of rotatable bonds is 2. The number of hydrogen-bond acceptors (Lipinski definition) is 5. The maximum atomic E-state index is 12.0. The highest BCUT2D eigenvalue weighted by atomic mass is 35.5. The molecule has 2 aromatic heterocycles. The molecule has 106 valence electrons. The second kappa shape index (κ2) is 5.18. The van der Waals surface area contributed by atoms with Gasteiger partial charge in [0.05, 0.1) is 5.39 Å².